The molecule has 0 saturated carbocycles. The number of ether oxygens (including phenoxy) is 1. The molecule has 0 aliphatic heterocycles. The van der Waals surface area contributed by atoms with Crippen molar-refractivity contribution < 1.29 is 17.9 Å². The van der Waals surface area contributed by atoms with Crippen LogP contribution >= 0.6 is 11.6 Å². The topological polar surface area (TPSA) is 96.9 Å². The third kappa shape index (κ3) is 6.93. The number of nitrogens with one attached hydrogen (secondary N) is 2. The van der Waals surface area contributed by atoms with Crippen LogP contribution in [-0.4, -0.2) is 27.1 Å². The summed E-state index contributed by atoms with van der Waals surface area (Å²) in [5.74, 6) is -0.0329. The molecule has 9 heteroatoms. The van der Waals surface area contributed by atoms with Crippen molar-refractivity contribution in [1.82, 2.24) is 5.43 Å². The minimum absolute atomic E-state index is 0.0389. The summed E-state index contributed by atoms with van der Waals surface area (Å²) in [7, 11) is -3.92. The van der Waals surface area contributed by atoms with Crippen LogP contribution in [0.1, 0.15) is 22.8 Å². The molecule has 0 bridgehead atoms. The van der Waals surface area contributed by atoms with Gasteiger partial charge in [-0.1, -0.05) is 54.1 Å². The summed E-state index contributed by atoms with van der Waals surface area (Å²) in [6, 6.07) is 21.6. The van der Waals surface area contributed by atoms with E-state index in [9.17, 15) is 13.2 Å². The van der Waals surface area contributed by atoms with E-state index in [1.165, 1.54) is 30.5 Å². The molecule has 0 unspecified atom stereocenters. The summed E-state index contributed by atoms with van der Waals surface area (Å²) in [4.78, 5) is 12.6. The van der Waals surface area contributed by atoms with E-state index >= 15 is 0 Å². The molecule has 33 heavy (non-hydrogen) atoms. The van der Waals surface area contributed by atoms with Crippen molar-refractivity contribution >= 4 is 45.5 Å². The molecule has 0 aromatic heterocycles. The molecular formula is C24H22ClN3O4S. The number of para-hydroxylation sites is 1. The minimum atomic E-state index is -3.92. The second-order valence-electron chi connectivity index (χ2n) is 6.69. The predicted molar refractivity (Wildman–Crippen MR) is 131 cm³/mol. The van der Waals surface area contributed by atoms with Crippen LogP contribution in [-0.2, 0) is 10.0 Å². The van der Waals surface area contributed by atoms with Gasteiger partial charge in [0.1, 0.15) is 5.75 Å². The molecule has 0 aliphatic carbocycles. The lowest BCUT2D eigenvalue weighted by Crippen LogP contribution is -2.21. The number of allylic oxidation sites excluding steroid dienone is 1. The molecule has 3 aromatic rings. The van der Waals surface area contributed by atoms with E-state index in [-0.39, 0.29) is 16.1 Å². The molecule has 1 amide bonds. The van der Waals surface area contributed by atoms with Crippen molar-refractivity contribution in [3.05, 3.63) is 95.0 Å². The molecule has 7 nitrogen and oxygen atoms in total. The minimum Gasteiger partial charge on any atom is -0.494 e. The van der Waals surface area contributed by atoms with E-state index in [0.29, 0.717) is 17.4 Å². The first kappa shape index (κ1) is 24.0. The number of halogens is 1. The Morgan fingerprint density at radius 1 is 1.00 bits per heavy atom. The third-order valence-electron chi connectivity index (χ3n) is 4.32. The smallest absolute Gasteiger partial charge is 0.273 e. The summed E-state index contributed by atoms with van der Waals surface area (Å²) >= 11 is 6.12. The molecule has 0 heterocycles. The first-order valence-electron chi connectivity index (χ1n) is 9.99. The van der Waals surface area contributed by atoms with Crippen molar-refractivity contribution in [3.63, 3.8) is 0 Å². The molecule has 0 spiro atoms. The van der Waals surface area contributed by atoms with Gasteiger partial charge in [0.15, 0.2) is 0 Å². The van der Waals surface area contributed by atoms with Crippen LogP contribution in [0.2, 0.25) is 0 Å². The van der Waals surface area contributed by atoms with Crippen LogP contribution in [0, 0.1) is 0 Å². The van der Waals surface area contributed by atoms with Gasteiger partial charge in [-0.3, -0.25) is 9.52 Å². The molecule has 0 radical (unpaired) electrons. The Bertz CT molecular complexity index is 1260. The van der Waals surface area contributed by atoms with E-state index in [0.717, 1.165) is 5.56 Å². The Kier molecular flexibility index (Phi) is 8.23. The summed E-state index contributed by atoms with van der Waals surface area (Å²) in [5.41, 5.74) is 3.46. The van der Waals surface area contributed by atoms with Crippen LogP contribution in [0.4, 0.5) is 5.69 Å². The van der Waals surface area contributed by atoms with E-state index in [1.807, 2.05) is 37.3 Å². The van der Waals surface area contributed by atoms with E-state index in [4.69, 9.17) is 16.3 Å². The van der Waals surface area contributed by atoms with Gasteiger partial charge < -0.3 is 4.74 Å². The fourth-order valence-corrected chi connectivity index (χ4v) is 4.07. The lowest BCUT2D eigenvalue weighted by atomic mass is 10.2. The molecule has 0 atom stereocenters. The van der Waals surface area contributed by atoms with Gasteiger partial charge >= 0.3 is 0 Å². The quantitative estimate of drug-likeness (QED) is 0.335. The van der Waals surface area contributed by atoms with E-state index in [1.54, 1.807) is 30.3 Å². The maximum absolute atomic E-state index is 12.8. The first-order valence-corrected chi connectivity index (χ1v) is 11.9. The maximum Gasteiger partial charge on any atom is 0.273 e. The largest absolute Gasteiger partial charge is 0.494 e. The number of hydrogen-bond donors (Lipinski definition) is 2. The van der Waals surface area contributed by atoms with Crippen molar-refractivity contribution in [2.75, 3.05) is 11.3 Å². The summed E-state index contributed by atoms with van der Waals surface area (Å²) in [5, 5.41) is 4.16. The Hall–Kier alpha value is -3.62. The lowest BCUT2D eigenvalue weighted by Gasteiger charge is -2.12. The van der Waals surface area contributed by atoms with Gasteiger partial charge in [0.2, 0.25) is 0 Å². The second kappa shape index (κ2) is 11.3. The highest BCUT2D eigenvalue weighted by Gasteiger charge is 2.18. The van der Waals surface area contributed by atoms with Gasteiger partial charge in [0.05, 0.1) is 34.0 Å². The third-order valence-corrected chi connectivity index (χ3v) is 5.91. The average molecular weight is 484 g/mol. The Morgan fingerprint density at radius 3 is 2.36 bits per heavy atom. The Labute approximate surface area is 197 Å². The molecule has 170 valence electrons. The van der Waals surface area contributed by atoms with Crippen LogP contribution in [0.25, 0.3) is 6.08 Å². The molecule has 2 N–H and O–H groups in total. The van der Waals surface area contributed by atoms with Crippen molar-refractivity contribution in [3.8, 4) is 5.75 Å². The number of sulfonamides is 1. The predicted octanol–water partition coefficient (Wildman–Crippen LogP) is 4.88. The number of anilines is 1. The number of hydrazone groups is 1. The normalized spacial score (nSPS) is 11.9. The number of amides is 1. The first-order chi connectivity index (χ1) is 15.9. The SMILES string of the molecule is CCOc1ccc(S(=O)(=O)Nc2ccccc2C(=O)N/N=C/C(Cl)=C/c2ccccc2)cc1. The van der Waals surface area contributed by atoms with Gasteiger partial charge in [0, 0.05) is 0 Å². The van der Waals surface area contributed by atoms with Crippen LogP contribution in [0.3, 0.4) is 0 Å². The molecule has 0 saturated heterocycles. The van der Waals surface area contributed by atoms with Gasteiger partial charge in [-0.05, 0) is 55.0 Å². The maximum atomic E-state index is 12.8. The standard InChI is InChI=1S/C24H22ClN3O4S/c1-2-32-20-12-14-21(15-13-20)33(30,31)28-23-11-7-6-10-22(23)24(29)27-26-17-19(25)16-18-8-4-3-5-9-18/h3-17,28H,2H2,1H3,(H,27,29)/b19-16-,26-17+. The van der Waals surface area contributed by atoms with Crippen molar-refractivity contribution in [2.24, 2.45) is 5.10 Å². The van der Waals surface area contributed by atoms with Crippen LogP contribution in [0.15, 0.2) is 93.9 Å². The molecular weight excluding hydrogens is 462 g/mol. The van der Waals surface area contributed by atoms with Gasteiger partial charge in [-0.15, -0.1) is 0 Å². The Balaban J connectivity index is 1.71. The van der Waals surface area contributed by atoms with Crippen molar-refractivity contribution in [2.45, 2.75) is 11.8 Å². The number of hydrogen-bond acceptors (Lipinski definition) is 5. The number of carbonyl (C=O) groups is 1. The van der Waals surface area contributed by atoms with E-state index in [2.05, 4.69) is 15.2 Å². The summed E-state index contributed by atoms with van der Waals surface area (Å²) in [6.07, 6.45) is 2.98. The number of rotatable bonds is 9. The fourth-order valence-electron chi connectivity index (χ4n) is 2.81. The van der Waals surface area contributed by atoms with Crippen LogP contribution < -0.4 is 14.9 Å². The monoisotopic (exact) mass is 483 g/mol. The zero-order valence-corrected chi connectivity index (χ0v) is 19.3. The van der Waals surface area contributed by atoms with Gasteiger partial charge in [0.25, 0.3) is 15.9 Å². The van der Waals surface area contributed by atoms with Gasteiger partial charge in [-0.2, -0.15) is 5.10 Å². The number of carbonyl (C=O) groups excluding carboxylic acids is 1. The fraction of sp³-hybridized carbons (Fsp3) is 0.0833. The Morgan fingerprint density at radius 2 is 1.67 bits per heavy atom. The van der Waals surface area contributed by atoms with E-state index < -0.39 is 15.9 Å². The van der Waals surface area contributed by atoms with Gasteiger partial charge in [-0.25, -0.2) is 13.8 Å². The summed E-state index contributed by atoms with van der Waals surface area (Å²) in [6.45, 7) is 2.31. The molecule has 0 fully saturated rings. The molecule has 3 aromatic carbocycles. The number of benzene rings is 3. The highest BCUT2D eigenvalue weighted by atomic mass is 35.5. The zero-order chi connectivity index (χ0) is 23.7. The second-order valence-corrected chi connectivity index (χ2v) is 8.81. The summed E-state index contributed by atoms with van der Waals surface area (Å²) < 4.78 is 33.4. The number of nitrogens with zero attached hydrogens (tertiary/aromatic N) is 1. The van der Waals surface area contributed by atoms with Crippen molar-refractivity contribution in [1.29, 1.82) is 0 Å². The molecule has 0 aliphatic rings. The highest BCUT2D eigenvalue weighted by molar-refractivity contribution is 7.92. The lowest BCUT2D eigenvalue weighted by molar-refractivity contribution is 0.0956. The zero-order valence-electron chi connectivity index (χ0n) is 17.7. The van der Waals surface area contributed by atoms with Crippen LogP contribution in [0.5, 0.6) is 5.75 Å². The molecule has 3 rings (SSSR count). The highest BCUT2D eigenvalue weighted by Crippen LogP contribution is 2.22. The average Bonchev–Trinajstić information content (AvgIpc) is 2.80.